The molecule has 2 heterocycles. The van der Waals surface area contributed by atoms with Crippen LogP contribution in [0.15, 0.2) is 199 Å². The zero-order valence-electron chi connectivity index (χ0n) is 29.7. The minimum absolute atomic E-state index is 0.881. The van der Waals surface area contributed by atoms with Crippen molar-refractivity contribution in [3.63, 3.8) is 0 Å². The molecule has 11 aromatic rings. The van der Waals surface area contributed by atoms with E-state index in [1.54, 1.807) is 11.3 Å². The molecule has 4 heteroatoms. The van der Waals surface area contributed by atoms with Gasteiger partial charge in [-0.2, -0.15) is 0 Å². The fourth-order valence-electron chi connectivity index (χ4n) is 8.00. The Morgan fingerprint density at radius 1 is 0.400 bits per heavy atom. The van der Waals surface area contributed by atoms with Crippen molar-refractivity contribution in [2.24, 2.45) is 0 Å². The second kappa shape index (κ2) is 12.8. The van der Waals surface area contributed by atoms with Gasteiger partial charge in [-0.15, -0.1) is 11.3 Å². The van der Waals surface area contributed by atoms with Crippen LogP contribution >= 0.6 is 11.3 Å². The quantitative estimate of drug-likeness (QED) is 0.160. The van der Waals surface area contributed by atoms with E-state index >= 15 is 0 Å². The molecular weight excluding hydrogens is 689 g/mol. The molecule has 0 fully saturated rings. The maximum Gasteiger partial charge on any atom is 0.135 e. The summed E-state index contributed by atoms with van der Waals surface area (Å²) in [7, 11) is 0. The number of benzene rings is 9. The third kappa shape index (κ3) is 5.38. The highest BCUT2D eigenvalue weighted by atomic mass is 32.1. The molecule has 0 saturated carbocycles. The van der Waals surface area contributed by atoms with Crippen LogP contribution in [0.1, 0.15) is 0 Å². The van der Waals surface area contributed by atoms with Gasteiger partial charge in [-0.05, 0) is 87.4 Å². The van der Waals surface area contributed by atoms with Crippen LogP contribution in [-0.2, 0) is 0 Å². The number of aromatic nitrogens is 1. The van der Waals surface area contributed by atoms with Gasteiger partial charge in [0.25, 0.3) is 0 Å². The normalized spacial score (nSPS) is 11.6. The lowest BCUT2D eigenvalue weighted by Gasteiger charge is -2.26. The van der Waals surface area contributed by atoms with E-state index in [1.807, 2.05) is 12.1 Å². The van der Waals surface area contributed by atoms with Gasteiger partial charge >= 0.3 is 0 Å². The van der Waals surface area contributed by atoms with Gasteiger partial charge in [-0.25, -0.2) is 4.98 Å². The summed E-state index contributed by atoms with van der Waals surface area (Å²) < 4.78 is 7.42. The van der Waals surface area contributed by atoms with E-state index in [9.17, 15) is 0 Å². The molecule has 0 bridgehead atoms. The number of fused-ring (bicyclic) bond motifs is 8. The first-order chi connectivity index (χ1) is 27.2. The van der Waals surface area contributed by atoms with E-state index in [4.69, 9.17) is 9.40 Å². The molecule has 2 aromatic heterocycles. The van der Waals surface area contributed by atoms with E-state index in [1.165, 1.54) is 42.9 Å². The molecule has 0 atom stereocenters. The molecule has 0 aliphatic heterocycles. The highest BCUT2D eigenvalue weighted by Gasteiger charge is 2.19. The molecule has 258 valence electrons. The monoisotopic (exact) mass is 720 g/mol. The highest BCUT2D eigenvalue weighted by molar-refractivity contribution is 7.22. The molecule has 11 rings (SSSR count). The van der Waals surface area contributed by atoms with Crippen molar-refractivity contribution < 1.29 is 4.42 Å². The summed E-state index contributed by atoms with van der Waals surface area (Å²) in [5.74, 6) is 0. The summed E-state index contributed by atoms with van der Waals surface area (Å²) in [4.78, 5) is 7.64. The molecule has 3 nitrogen and oxygen atoms in total. The number of furan rings is 1. The minimum Gasteiger partial charge on any atom is -0.456 e. The Morgan fingerprint density at radius 3 is 1.76 bits per heavy atom. The Morgan fingerprint density at radius 2 is 1.00 bits per heavy atom. The Hall–Kier alpha value is -7.01. The summed E-state index contributed by atoms with van der Waals surface area (Å²) in [6.45, 7) is 0. The molecule has 0 unspecified atom stereocenters. The Balaban J connectivity index is 1.08. The van der Waals surface area contributed by atoms with Gasteiger partial charge in [0.2, 0.25) is 0 Å². The second-order valence-electron chi connectivity index (χ2n) is 13.9. The Bertz CT molecular complexity index is 3180. The topological polar surface area (TPSA) is 29.3 Å². The summed E-state index contributed by atoms with van der Waals surface area (Å²) in [5.41, 5.74) is 11.9. The predicted molar refractivity (Wildman–Crippen MR) is 233 cm³/mol. The lowest BCUT2D eigenvalue weighted by atomic mass is 9.96. The molecule has 0 N–H and O–H groups in total. The SMILES string of the molecule is c1ccc(-c2ccc(N(c3ccc(-c4cc5c6ccccc6ccc5c5nc(-c6ccccc6)sc45)cc3)c3ccc4oc5ccccc5c4c3)cc2)cc1. The Kier molecular flexibility index (Phi) is 7.35. The number of rotatable bonds is 6. The maximum atomic E-state index is 6.23. The van der Waals surface area contributed by atoms with Crippen molar-refractivity contribution in [3.8, 4) is 32.8 Å². The van der Waals surface area contributed by atoms with E-state index in [0.717, 1.165) is 60.7 Å². The molecule has 0 aliphatic rings. The molecule has 55 heavy (non-hydrogen) atoms. The van der Waals surface area contributed by atoms with E-state index in [2.05, 4.69) is 187 Å². The van der Waals surface area contributed by atoms with E-state index in [-0.39, 0.29) is 0 Å². The highest BCUT2D eigenvalue weighted by Crippen LogP contribution is 2.44. The molecule has 0 spiro atoms. The van der Waals surface area contributed by atoms with Crippen molar-refractivity contribution in [2.45, 2.75) is 0 Å². The number of nitrogens with zero attached hydrogens (tertiary/aromatic N) is 2. The summed E-state index contributed by atoms with van der Waals surface area (Å²) in [6, 6.07) is 69.2. The zero-order chi connectivity index (χ0) is 36.3. The first-order valence-corrected chi connectivity index (χ1v) is 19.3. The maximum absolute atomic E-state index is 6.23. The molecule has 9 aromatic carbocycles. The van der Waals surface area contributed by atoms with Crippen molar-refractivity contribution in [1.82, 2.24) is 4.98 Å². The molecule has 0 amide bonds. The molecule has 0 saturated heterocycles. The number of hydrogen-bond acceptors (Lipinski definition) is 4. The van der Waals surface area contributed by atoms with Crippen molar-refractivity contribution in [1.29, 1.82) is 0 Å². The van der Waals surface area contributed by atoms with Gasteiger partial charge in [0, 0.05) is 44.3 Å². The van der Waals surface area contributed by atoms with Gasteiger partial charge in [-0.3, -0.25) is 0 Å². The van der Waals surface area contributed by atoms with Crippen molar-refractivity contribution in [2.75, 3.05) is 4.90 Å². The fourth-order valence-corrected chi connectivity index (χ4v) is 9.12. The summed E-state index contributed by atoms with van der Waals surface area (Å²) in [6.07, 6.45) is 0. The van der Waals surface area contributed by atoms with Crippen LogP contribution in [0, 0.1) is 0 Å². The Labute approximate surface area is 322 Å². The van der Waals surface area contributed by atoms with Gasteiger partial charge in [0.15, 0.2) is 0 Å². The lowest BCUT2D eigenvalue weighted by Crippen LogP contribution is -2.09. The van der Waals surface area contributed by atoms with Crippen LogP contribution in [0.5, 0.6) is 0 Å². The van der Waals surface area contributed by atoms with Gasteiger partial charge in [0.1, 0.15) is 16.2 Å². The first kappa shape index (κ1) is 31.5. The standard InChI is InChI=1S/C51H32N2OS/c1-3-11-33(12-4-1)34-19-24-38(25-20-34)53(40-28-30-48-46(31-40)42-17-9-10-18-47(42)54-48)39-26-21-36(22-27-39)44-32-45-41-16-8-7-13-35(41)23-29-43(45)49-50(44)55-51(52-49)37-14-5-2-6-15-37/h1-32H. The third-order valence-corrected chi connectivity index (χ3v) is 11.8. The van der Waals surface area contributed by atoms with Gasteiger partial charge in [0.05, 0.1) is 10.2 Å². The van der Waals surface area contributed by atoms with Gasteiger partial charge < -0.3 is 9.32 Å². The van der Waals surface area contributed by atoms with Crippen LogP contribution in [0.25, 0.3) is 86.5 Å². The van der Waals surface area contributed by atoms with Crippen LogP contribution in [0.4, 0.5) is 17.1 Å². The molecule has 0 aliphatic carbocycles. The average molecular weight is 721 g/mol. The first-order valence-electron chi connectivity index (χ1n) is 18.5. The van der Waals surface area contributed by atoms with Gasteiger partial charge in [-0.1, -0.05) is 140 Å². The summed E-state index contributed by atoms with van der Waals surface area (Å²) in [5, 5.41) is 8.10. The number of anilines is 3. The smallest absolute Gasteiger partial charge is 0.135 e. The average Bonchev–Trinajstić information content (AvgIpc) is 3.87. The van der Waals surface area contributed by atoms with Crippen molar-refractivity contribution in [3.05, 3.63) is 194 Å². The lowest BCUT2D eigenvalue weighted by molar-refractivity contribution is 0.669. The number of para-hydroxylation sites is 1. The number of thiazole rings is 1. The zero-order valence-corrected chi connectivity index (χ0v) is 30.5. The molecular formula is C51H32N2OS. The van der Waals surface area contributed by atoms with Crippen LogP contribution < -0.4 is 4.90 Å². The van der Waals surface area contributed by atoms with Crippen LogP contribution in [0.2, 0.25) is 0 Å². The van der Waals surface area contributed by atoms with E-state index < -0.39 is 0 Å². The second-order valence-corrected chi connectivity index (χ2v) is 14.9. The van der Waals surface area contributed by atoms with Crippen molar-refractivity contribution >= 4 is 82.1 Å². The minimum atomic E-state index is 0.881. The summed E-state index contributed by atoms with van der Waals surface area (Å²) >= 11 is 1.77. The number of hydrogen-bond donors (Lipinski definition) is 0. The van der Waals surface area contributed by atoms with Crippen LogP contribution in [-0.4, -0.2) is 4.98 Å². The largest absolute Gasteiger partial charge is 0.456 e. The van der Waals surface area contributed by atoms with E-state index in [0.29, 0.717) is 0 Å². The van der Waals surface area contributed by atoms with Crippen LogP contribution in [0.3, 0.4) is 0 Å². The predicted octanol–water partition coefficient (Wildman–Crippen LogP) is 15.0. The molecule has 0 radical (unpaired) electrons. The third-order valence-electron chi connectivity index (χ3n) is 10.7. The fraction of sp³-hybridized carbons (Fsp3) is 0.